The van der Waals surface area contributed by atoms with Gasteiger partial charge in [-0.1, -0.05) is 12.1 Å². The van der Waals surface area contributed by atoms with Crippen molar-refractivity contribution < 1.29 is 19.6 Å². The Kier molecular flexibility index (Phi) is 4.52. The van der Waals surface area contributed by atoms with Gasteiger partial charge in [0.15, 0.2) is 0 Å². The summed E-state index contributed by atoms with van der Waals surface area (Å²) in [4.78, 5) is 34.9. The minimum atomic E-state index is -0.886. The molecule has 1 aromatic carbocycles. The lowest BCUT2D eigenvalue weighted by Gasteiger charge is -2.30. The summed E-state index contributed by atoms with van der Waals surface area (Å²) in [5.74, 6) is -1.60. The van der Waals surface area contributed by atoms with Crippen LogP contribution < -0.4 is 0 Å². The Labute approximate surface area is 121 Å². The molecule has 21 heavy (non-hydrogen) atoms. The van der Waals surface area contributed by atoms with Crippen molar-refractivity contribution in [3.05, 3.63) is 39.9 Å². The summed E-state index contributed by atoms with van der Waals surface area (Å²) >= 11 is 0. The molecule has 0 aliphatic carbocycles. The van der Waals surface area contributed by atoms with Gasteiger partial charge in [-0.3, -0.25) is 19.7 Å². The first-order valence-corrected chi connectivity index (χ1v) is 6.71. The molecule has 7 heteroatoms. The lowest BCUT2D eigenvalue weighted by Crippen LogP contribution is -2.42. The van der Waals surface area contributed by atoms with Crippen LogP contribution in [-0.2, 0) is 16.0 Å². The number of piperidine rings is 1. The van der Waals surface area contributed by atoms with E-state index in [0.29, 0.717) is 24.9 Å². The van der Waals surface area contributed by atoms with Crippen LogP contribution in [0.1, 0.15) is 18.4 Å². The molecule has 1 saturated heterocycles. The maximum absolute atomic E-state index is 12.2. The molecule has 1 aromatic rings. The third-order valence-electron chi connectivity index (χ3n) is 3.60. The van der Waals surface area contributed by atoms with Crippen LogP contribution in [0.4, 0.5) is 5.69 Å². The number of carbonyl (C=O) groups excluding carboxylic acids is 1. The highest BCUT2D eigenvalue weighted by Gasteiger charge is 2.28. The molecule has 2 rings (SSSR count). The molecule has 1 fully saturated rings. The first-order chi connectivity index (χ1) is 9.97. The van der Waals surface area contributed by atoms with Crippen molar-refractivity contribution in [2.45, 2.75) is 19.3 Å². The van der Waals surface area contributed by atoms with Crippen LogP contribution in [-0.4, -0.2) is 39.9 Å². The topological polar surface area (TPSA) is 101 Å². The van der Waals surface area contributed by atoms with Gasteiger partial charge in [0, 0.05) is 25.2 Å². The number of nitrogens with zero attached hydrogens (tertiary/aromatic N) is 2. The van der Waals surface area contributed by atoms with Crippen LogP contribution in [0.2, 0.25) is 0 Å². The summed E-state index contributed by atoms with van der Waals surface area (Å²) in [6.45, 7) is 0.751. The van der Waals surface area contributed by atoms with Gasteiger partial charge in [0.1, 0.15) is 0 Å². The van der Waals surface area contributed by atoms with Gasteiger partial charge in [-0.15, -0.1) is 0 Å². The van der Waals surface area contributed by atoms with Crippen LogP contribution in [0, 0.1) is 16.0 Å². The van der Waals surface area contributed by atoms with Crippen LogP contribution >= 0.6 is 0 Å². The molecule has 1 amide bonds. The van der Waals surface area contributed by atoms with E-state index in [1.54, 1.807) is 6.07 Å². The van der Waals surface area contributed by atoms with Gasteiger partial charge in [0.2, 0.25) is 5.91 Å². The van der Waals surface area contributed by atoms with Gasteiger partial charge in [0.05, 0.1) is 17.3 Å². The molecule has 1 N–H and O–H groups in total. The van der Waals surface area contributed by atoms with Crippen LogP contribution in [0.3, 0.4) is 0 Å². The Morgan fingerprint density at radius 2 is 2.19 bits per heavy atom. The summed E-state index contributed by atoms with van der Waals surface area (Å²) in [6, 6.07) is 5.94. The normalized spacial score (nSPS) is 18.3. The highest BCUT2D eigenvalue weighted by molar-refractivity contribution is 5.80. The number of benzene rings is 1. The molecule has 7 nitrogen and oxygen atoms in total. The molecule has 0 bridgehead atoms. The van der Waals surface area contributed by atoms with E-state index in [9.17, 15) is 19.7 Å². The lowest BCUT2D eigenvalue weighted by molar-refractivity contribution is -0.384. The van der Waals surface area contributed by atoms with Crippen molar-refractivity contribution in [1.82, 2.24) is 4.90 Å². The van der Waals surface area contributed by atoms with Gasteiger partial charge in [-0.05, 0) is 18.4 Å². The zero-order valence-corrected chi connectivity index (χ0v) is 11.4. The average Bonchev–Trinajstić information content (AvgIpc) is 2.47. The third kappa shape index (κ3) is 3.77. The smallest absolute Gasteiger partial charge is 0.308 e. The first-order valence-electron chi connectivity index (χ1n) is 6.71. The number of carboxylic acid groups (broad SMARTS) is 1. The Morgan fingerprint density at radius 3 is 2.86 bits per heavy atom. The number of carboxylic acids is 1. The maximum Gasteiger partial charge on any atom is 0.308 e. The van der Waals surface area contributed by atoms with Crippen molar-refractivity contribution in [3.8, 4) is 0 Å². The molecule has 1 heterocycles. The number of hydrogen-bond donors (Lipinski definition) is 1. The number of aliphatic carboxylic acids is 1. The van der Waals surface area contributed by atoms with E-state index < -0.39 is 16.8 Å². The standard InChI is InChI=1S/C14H16N2O5/c17-13(15-6-2-4-11(9-15)14(18)19)8-10-3-1-5-12(7-10)16(20)21/h1,3,5,7,11H,2,4,6,8-9H2,(H,18,19)/t11-/m0/s1. The lowest BCUT2D eigenvalue weighted by atomic mass is 9.97. The fourth-order valence-electron chi connectivity index (χ4n) is 2.47. The largest absolute Gasteiger partial charge is 0.481 e. The van der Waals surface area contributed by atoms with E-state index in [1.165, 1.54) is 23.1 Å². The molecule has 1 atom stereocenters. The summed E-state index contributed by atoms with van der Waals surface area (Å²) in [7, 11) is 0. The predicted octanol–water partition coefficient (Wildman–Crippen LogP) is 1.46. The molecule has 0 spiro atoms. The second kappa shape index (κ2) is 6.34. The van der Waals surface area contributed by atoms with E-state index in [0.717, 1.165) is 0 Å². The Hall–Kier alpha value is -2.44. The second-order valence-electron chi connectivity index (χ2n) is 5.12. The molecule has 1 aliphatic rings. The van der Waals surface area contributed by atoms with Gasteiger partial charge < -0.3 is 10.0 Å². The molecular formula is C14H16N2O5. The molecular weight excluding hydrogens is 276 g/mol. The number of carbonyl (C=O) groups is 2. The summed E-state index contributed by atoms with van der Waals surface area (Å²) < 4.78 is 0. The molecule has 1 aliphatic heterocycles. The fraction of sp³-hybridized carbons (Fsp3) is 0.429. The summed E-state index contributed by atoms with van der Waals surface area (Å²) in [6.07, 6.45) is 1.29. The SMILES string of the molecule is O=C(O)[C@H]1CCCN(C(=O)Cc2cccc([N+](=O)[O-])c2)C1. The number of nitro groups is 1. The summed E-state index contributed by atoms with van der Waals surface area (Å²) in [5.41, 5.74) is 0.508. The minimum absolute atomic E-state index is 0.0496. The van der Waals surface area contributed by atoms with Crippen molar-refractivity contribution in [3.63, 3.8) is 0 Å². The molecule has 0 radical (unpaired) electrons. The zero-order chi connectivity index (χ0) is 15.4. The molecule has 112 valence electrons. The predicted molar refractivity (Wildman–Crippen MR) is 73.7 cm³/mol. The van der Waals surface area contributed by atoms with Crippen molar-refractivity contribution in [2.75, 3.05) is 13.1 Å². The monoisotopic (exact) mass is 292 g/mol. The molecule has 0 saturated carbocycles. The minimum Gasteiger partial charge on any atom is -0.481 e. The molecule has 0 aromatic heterocycles. The highest BCUT2D eigenvalue weighted by atomic mass is 16.6. The van der Waals surface area contributed by atoms with Gasteiger partial charge in [-0.2, -0.15) is 0 Å². The fourth-order valence-corrected chi connectivity index (χ4v) is 2.47. The van der Waals surface area contributed by atoms with E-state index in [4.69, 9.17) is 5.11 Å². The third-order valence-corrected chi connectivity index (χ3v) is 3.60. The van der Waals surface area contributed by atoms with E-state index in [2.05, 4.69) is 0 Å². The first kappa shape index (κ1) is 15.0. The van der Waals surface area contributed by atoms with Crippen LogP contribution in [0.15, 0.2) is 24.3 Å². The van der Waals surface area contributed by atoms with Gasteiger partial charge >= 0.3 is 5.97 Å². The quantitative estimate of drug-likeness (QED) is 0.668. The average molecular weight is 292 g/mol. The number of non-ortho nitro benzene ring substituents is 1. The second-order valence-corrected chi connectivity index (χ2v) is 5.12. The van der Waals surface area contributed by atoms with Crippen LogP contribution in [0.5, 0.6) is 0 Å². The number of hydrogen-bond acceptors (Lipinski definition) is 4. The number of rotatable bonds is 4. The zero-order valence-electron chi connectivity index (χ0n) is 11.4. The van der Waals surface area contributed by atoms with E-state index in [1.807, 2.05) is 0 Å². The van der Waals surface area contributed by atoms with Crippen LogP contribution in [0.25, 0.3) is 0 Å². The number of likely N-dealkylation sites (tertiary alicyclic amines) is 1. The number of nitro benzene ring substituents is 1. The van der Waals surface area contributed by atoms with Gasteiger partial charge in [-0.25, -0.2) is 0 Å². The number of amides is 1. The van der Waals surface area contributed by atoms with Gasteiger partial charge in [0.25, 0.3) is 5.69 Å². The Morgan fingerprint density at radius 1 is 1.43 bits per heavy atom. The van der Waals surface area contributed by atoms with Crippen molar-refractivity contribution in [2.24, 2.45) is 5.92 Å². The Bertz CT molecular complexity index is 572. The highest BCUT2D eigenvalue weighted by Crippen LogP contribution is 2.19. The maximum atomic E-state index is 12.2. The van der Waals surface area contributed by atoms with Crippen molar-refractivity contribution in [1.29, 1.82) is 0 Å². The summed E-state index contributed by atoms with van der Waals surface area (Å²) in [5, 5.41) is 19.7. The van der Waals surface area contributed by atoms with E-state index in [-0.39, 0.29) is 24.6 Å². The molecule has 0 unspecified atom stereocenters. The Balaban J connectivity index is 2.02. The van der Waals surface area contributed by atoms with E-state index >= 15 is 0 Å². The van der Waals surface area contributed by atoms with Crippen molar-refractivity contribution >= 4 is 17.6 Å².